The van der Waals surface area contributed by atoms with Gasteiger partial charge in [-0.1, -0.05) is 48.5 Å². The van der Waals surface area contributed by atoms with Crippen LogP contribution in [0.3, 0.4) is 0 Å². The van der Waals surface area contributed by atoms with E-state index in [0.29, 0.717) is 33.8 Å². The molecule has 0 radical (unpaired) electrons. The Labute approximate surface area is 394 Å². The van der Waals surface area contributed by atoms with Crippen LogP contribution < -0.4 is 18.9 Å². The SMILES string of the molecule is Cc1ccc(C(=O)Oc2ccc(C(C)(c3ccc(OC(=O)c4ccc(C)c(C)c4)cc3)C(F)(F)F)cc2)cc1C.Cc1ccc(C(=O)Oc2ccc(OC(=O)c3ccc(C)c(C)c3)cc2)cc1C. The van der Waals surface area contributed by atoms with Crippen molar-refractivity contribution in [1.29, 1.82) is 0 Å². The first kappa shape index (κ1) is 49.6. The molecule has 0 heterocycles. The molecule has 0 spiro atoms. The number of esters is 4. The molecule has 348 valence electrons. The lowest BCUT2D eigenvalue weighted by molar-refractivity contribution is -0.173. The van der Waals surface area contributed by atoms with E-state index in [-0.39, 0.29) is 22.6 Å². The maximum absolute atomic E-state index is 14.5. The van der Waals surface area contributed by atoms with Crippen molar-refractivity contribution in [2.75, 3.05) is 0 Å². The fraction of sp³-hybridized carbons (Fsp3) is 0.193. The summed E-state index contributed by atoms with van der Waals surface area (Å²) < 4.78 is 65.1. The summed E-state index contributed by atoms with van der Waals surface area (Å²) in [5.74, 6) is -1.02. The van der Waals surface area contributed by atoms with Gasteiger partial charge in [-0.25, -0.2) is 19.2 Å². The first-order chi connectivity index (χ1) is 32.1. The number of carbonyl (C=O) groups is 4. The summed E-state index contributed by atoms with van der Waals surface area (Å²) in [7, 11) is 0. The summed E-state index contributed by atoms with van der Waals surface area (Å²) in [6.07, 6.45) is -4.65. The van der Waals surface area contributed by atoms with Crippen LogP contribution in [-0.2, 0) is 5.41 Å². The molecule has 68 heavy (non-hydrogen) atoms. The van der Waals surface area contributed by atoms with Crippen molar-refractivity contribution in [2.45, 2.75) is 73.9 Å². The highest BCUT2D eigenvalue weighted by atomic mass is 19.4. The van der Waals surface area contributed by atoms with E-state index in [0.717, 1.165) is 51.4 Å². The van der Waals surface area contributed by atoms with Crippen LogP contribution in [0.1, 0.15) is 104 Å². The zero-order valence-corrected chi connectivity index (χ0v) is 39.3. The van der Waals surface area contributed by atoms with Gasteiger partial charge in [-0.2, -0.15) is 13.2 Å². The van der Waals surface area contributed by atoms with Crippen molar-refractivity contribution in [1.82, 2.24) is 0 Å². The standard InChI is InChI=1S/C33H29F3O4.C24H22O4/c1-20-6-8-24(18-22(20)3)30(37)39-28-14-10-26(11-15-28)32(5,33(34,35)36)27-12-16-29(17-13-27)40-31(38)25-9-7-21(2)23(4)19-25;1-15-5-7-19(13-17(15)3)23(25)27-21-9-11-22(12-10-21)28-24(26)20-8-6-16(2)18(4)14-20/h6-19H,1-5H3;5-14H,1-4H3. The highest BCUT2D eigenvalue weighted by molar-refractivity contribution is 5.93. The third-order valence-corrected chi connectivity index (χ3v) is 12.1. The predicted octanol–water partition coefficient (Wildman–Crippen LogP) is 13.6. The number of alkyl halides is 3. The third-order valence-electron chi connectivity index (χ3n) is 12.1. The summed E-state index contributed by atoms with van der Waals surface area (Å²) in [4.78, 5) is 49.6. The minimum absolute atomic E-state index is 0.0362. The molecular weight excluding hydrogens is 870 g/mol. The van der Waals surface area contributed by atoms with E-state index < -0.39 is 35.5 Å². The molecule has 7 aromatic rings. The number of benzene rings is 7. The van der Waals surface area contributed by atoms with Crippen molar-refractivity contribution in [3.05, 3.63) is 223 Å². The van der Waals surface area contributed by atoms with Gasteiger partial charge < -0.3 is 18.9 Å². The second-order valence-corrected chi connectivity index (χ2v) is 16.9. The van der Waals surface area contributed by atoms with Crippen LogP contribution in [-0.4, -0.2) is 30.1 Å². The molecule has 0 saturated carbocycles. The second-order valence-electron chi connectivity index (χ2n) is 16.9. The van der Waals surface area contributed by atoms with E-state index in [1.165, 1.54) is 48.5 Å². The quantitative estimate of drug-likeness (QED) is 0.0987. The monoisotopic (exact) mass is 920 g/mol. The van der Waals surface area contributed by atoms with Crippen LogP contribution in [0.4, 0.5) is 13.2 Å². The van der Waals surface area contributed by atoms with Crippen molar-refractivity contribution in [3.8, 4) is 23.0 Å². The van der Waals surface area contributed by atoms with Crippen LogP contribution in [0.2, 0.25) is 0 Å². The molecule has 0 aliphatic heterocycles. The normalized spacial score (nSPS) is 11.2. The number of halogens is 3. The van der Waals surface area contributed by atoms with Gasteiger partial charge >= 0.3 is 30.1 Å². The maximum atomic E-state index is 14.5. The van der Waals surface area contributed by atoms with Gasteiger partial charge in [0.05, 0.1) is 22.3 Å². The smallest absolute Gasteiger partial charge is 0.402 e. The zero-order chi connectivity index (χ0) is 49.5. The fourth-order valence-electron chi connectivity index (χ4n) is 6.92. The number of ether oxygens (including phenoxy) is 4. The number of carbonyl (C=O) groups excluding carboxylic acids is 4. The Hall–Kier alpha value is -7.79. The molecule has 11 heteroatoms. The average Bonchev–Trinajstić information content (AvgIpc) is 3.30. The van der Waals surface area contributed by atoms with Gasteiger partial charge in [0.25, 0.3) is 0 Å². The summed E-state index contributed by atoms with van der Waals surface area (Å²) in [6, 6.07) is 38.1. The van der Waals surface area contributed by atoms with E-state index >= 15 is 0 Å². The summed E-state index contributed by atoms with van der Waals surface area (Å²) in [6.45, 7) is 16.6. The van der Waals surface area contributed by atoms with Gasteiger partial charge in [-0.3, -0.25) is 0 Å². The zero-order valence-electron chi connectivity index (χ0n) is 39.3. The Kier molecular flexibility index (Phi) is 15.2. The van der Waals surface area contributed by atoms with E-state index in [9.17, 15) is 32.3 Å². The van der Waals surface area contributed by atoms with Crippen LogP contribution in [0, 0.1) is 55.4 Å². The first-order valence-corrected chi connectivity index (χ1v) is 21.7. The van der Waals surface area contributed by atoms with Crippen LogP contribution in [0.5, 0.6) is 23.0 Å². The molecule has 0 atom stereocenters. The number of hydrogen-bond acceptors (Lipinski definition) is 8. The molecule has 0 aliphatic carbocycles. The number of aryl methyl sites for hydroxylation is 8. The predicted molar refractivity (Wildman–Crippen MR) is 255 cm³/mol. The van der Waals surface area contributed by atoms with Crippen molar-refractivity contribution < 1.29 is 51.3 Å². The van der Waals surface area contributed by atoms with Gasteiger partial charge in [0.2, 0.25) is 0 Å². The van der Waals surface area contributed by atoms with Crippen LogP contribution in [0.25, 0.3) is 0 Å². The van der Waals surface area contributed by atoms with E-state index in [1.54, 1.807) is 84.9 Å². The highest BCUT2D eigenvalue weighted by Gasteiger charge is 2.53. The van der Waals surface area contributed by atoms with E-state index in [1.807, 2.05) is 67.5 Å². The Bertz CT molecular complexity index is 2800. The lowest BCUT2D eigenvalue weighted by Gasteiger charge is -2.33. The Morgan fingerprint density at radius 3 is 0.721 bits per heavy atom. The largest absolute Gasteiger partial charge is 0.423 e. The Morgan fingerprint density at radius 2 is 0.529 bits per heavy atom. The van der Waals surface area contributed by atoms with Gasteiger partial charge in [0.1, 0.15) is 28.4 Å². The number of rotatable bonds is 10. The highest BCUT2D eigenvalue weighted by Crippen LogP contribution is 2.46. The number of hydrogen-bond donors (Lipinski definition) is 0. The first-order valence-electron chi connectivity index (χ1n) is 21.7. The molecule has 0 N–H and O–H groups in total. The molecule has 0 bridgehead atoms. The Balaban J connectivity index is 0.000000238. The van der Waals surface area contributed by atoms with Gasteiger partial charge in [0.15, 0.2) is 0 Å². The molecule has 0 fully saturated rings. The van der Waals surface area contributed by atoms with Gasteiger partial charge in [0, 0.05) is 0 Å². The minimum atomic E-state index is -4.65. The van der Waals surface area contributed by atoms with E-state index in [2.05, 4.69) is 0 Å². The molecule has 0 aromatic heterocycles. The van der Waals surface area contributed by atoms with Crippen molar-refractivity contribution in [2.24, 2.45) is 0 Å². The molecule has 0 amide bonds. The molecule has 7 aromatic carbocycles. The van der Waals surface area contributed by atoms with Crippen LogP contribution >= 0.6 is 0 Å². The average molecular weight is 921 g/mol. The van der Waals surface area contributed by atoms with E-state index in [4.69, 9.17) is 18.9 Å². The summed E-state index contributed by atoms with van der Waals surface area (Å²) in [5, 5.41) is 0. The summed E-state index contributed by atoms with van der Waals surface area (Å²) >= 11 is 0. The summed E-state index contributed by atoms with van der Waals surface area (Å²) in [5.41, 5.74) is 7.45. The Morgan fingerprint density at radius 1 is 0.324 bits per heavy atom. The lowest BCUT2D eigenvalue weighted by Crippen LogP contribution is -2.40. The van der Waals surface area contributed by atoms with Gasteiger partial charge in [-0.15, -0.1) is 0 Å². The molecule has 0 aliphatic rings. The maximum Gasteiger partial charge on any atom is 0.402 e. The van der Waals surface area contributed by atoms with Gasteiger partial charge in [-0.05, 0) is 215 Å². The molecule has 7 rings (SSSR count). The fourth-order valence-corrected chi connectivity index (χ4v) is 6.92. The lowest BCUT2D eigenvalue weighted by atomic mass is 9.75. The topological polar surface area (TPSA) is 105 Å². The van der Waals surface area contributed by atoms with Crippen LogP contribution in [0.15, 0.2) is 146 Å². The van der Waals surface area contributed by atoms with Crippen molar-refractivity contribution >= 4 is 23.9 Å². The third kappa shape index (κ3) is 11.8. The molecule has 8 nitrogen and oxygen atoms in total. The molecule has 0 unspecified atom stereocenters. The second kappa shape index (κ2) is 20.8. The minimum Gasteiger partial charge on any atom is -0.423 e. The molecule has 0 saturated heterocycles. The molecular formula is C57H51F3O8. The van der Waals surface area contributed by atoms with Crippen molar-refractivity contribution in [3.63, 3.8) is 0 Å².